The highest BCUT2D eigenvalue weighted by Crippen LogP contribution is 2.20. The molecule has 2 fully saturated rings. The third kappa shape index (κ3) is 3.85. The lowest BCUT2D eigenvalue weighted by Gasteiger charge is -2.36. The van der Waals surface area contributed by atoms with Crippen molar-refractivity contribution < 1.29 is 13.6 Å². The van der Waals surface area contributed by atoms with Crippen molar-refractivity contribution in [1.82, 2.24) is 29.6 Å². The van der Waals surface area contributed by atoms with Crippen LogP contribution in [-0.4, -0.2) is 81.3 Å². The number of alkyl halides is 2. The molecule has 0 spiro atoms. The van der Waals surface area contributed by atoms with Gasteiger partial charge in [0.15, 0.2) is 5.65 Å². The number of carbonyl (C=O) groups is 1. The molecule has 27 heavy (non-hydrogen) atoms. The van der Waals surface area contributed by atoms with Gasteiger partial charge < -0.3 is 9.80 Å². The van der Waals surface area contributed by atoms with Gasteiger partial charge in [-0.25, -0.2) is 8.78 Å². The number of hydrogen-bond donors (Lipinski definition) is 0. The van der Waals surface area contributed by atoms with E-state index in [2.05, 4.69) is 20.2 Å². The molecule has 2 saturated heterocycles. The highest BCUT2D eigenvalue weighted by atomic mass is 19.3. The van der Waals surface area contributed by atoms with Gasteiger partial charge in [-0.15, -0.1) is 15.3 Å². The molecule has 146 valence electrons. The second-order valence-electron chi connectivity index (χ2n) is 7.03. The van der Waals surface area contributed by atoms with Crippen LogP contribution in [0.1, 0.15) is 31.5 Å². The Hall–Kier alpha value is -2.36. The number of hydrogen-bond acceptors (Lipinski definition) is 6. The zero-order valence-electron chi connectivity index (χ0n) is 15.1. The molecular weight excluding hydrogens is 356 g/mol. The number of nitrogens with zero attached hydrogens (tertiary/aromatic N) is 7. The van der Waals surface area contributed by atoms with Crippen LogP contribution in [0.4, 0.5) is 14.6 Å². The second kappa shape index (κ2) is 7.71. The Morgan fingerprint density at radius 2 is 1.74 bits per heavy atom. The largest absolute Gasteiger partial charge is 0.353 e. The molecule has 0 N–H and O–H groups in total. The Labute approximate surface area is 155 Å². The van der Waals surface area contributed by atoms with Gasteiger partial charge in [-0.2, -0.15) is 4.52 Å². The van der Waals surface area contributed by atoms with Gasteiger partial charge in [0.05, 0.1) is 6.54 Å². The molecule has 0 radical (unpaired) electrons. The maximum absolute atomic E-state index is 13.0. The van der Waals surface area contributed by atoms with E-state index in [4.69, 9.17) is 0 Å². The highest BCUT2D eigenvalue weighted by Gasteiger charge is 2.24. The molecule has 0 saturated carbocycles. The van der Waals surface area contributed by atoms with Crippen LogP contribution in [0.25, 0.3) is 5.65 Å². The maximum atomic E-state index is 13.0. The van der Waals surface area contributed by atoms with Crippen LogP contribution in [0.5, 0.6) is 0 Å². The van der Waals surface area contributed by atoms with Crippen molar-refractivity contribution in [1.29, 1.82) is 0 Å². The molecule has 4 rings (SSSR count). The number of aromatic nitrogens is 4. The summed E-state index contributed by atoms with van der Waals surface area (Å²) in [5.74, 6) is 0.373. The van der Waals surface area contributed by atoms with Crippen molar-refractivity contribution in [2.45, 2.75) is 25.7 Å². The van der Waals surface area contributed by atoms with Crippen molar-refractivity contribution >= 4 is 17.4 Å². The van der Waals surface area contributed by atoms with Crippen LogP contribution in [-0.2, 0) is 4.79 Å². The fourth-order valence-corrected chi connectivity index (χ4v) is 3.67. The molecule has 0 unspecified atom stereocenters. The highest BCUT2D eigenvalue weighted by molar-refractivity contribution is 5.78. The van der Waals surface area contributed by atoms with Crippen molar-refractivity contribution in [2.24, 2.45) is 0 Å². The first-order valence-electron chi connectivity index (χ1n) is 9.37. The van der Waals surface area contributed by atoms with E-state index in [-0.39, 0.29) is 5.91 Å². The smallest absolute Gasteiger partial charge is 0.299 e. The molecule has 0 atom stereocenters. The van der Waals surface area contributed by atoms with Gasteiger partial charge in [0.25, 0.3) is 6.43 Å². The molecule has 2 aromatic rings. The van der Waals surface area contributed by atoms with Crippen molar-refractivity contribution in [3.05, 3.63) is 18.0 Å². The summed E-state index contributed by atoms with van der Waals surface area (Å²) in [6.07, 6.45) is 0.675. The molecule has 2 aliphatic rings. The number of piperidine rings is 1. The maximum Gasteiger partial charge on any atom is 0.299 e. The van der Waals surface area contributed by atoms with E-state index < -0.39 is 12.2 Å². The average Bonchev–Trinajstić information content (AvgIpc) is 3.13. The standard InChI is InChI=1S/C17H23F2N7O/c18-16(19)17-21-20-13-4-5-14(22-26(13)17)24-10-8-23(9-11-24)12-15(27)25-6-2-1-3-7-25/h4-5,16H,1-3,6-12H2. The fourth-order valence-electron chi connectivity index (χ4n) is 3.67. The summed E-state index contributed by atoms with van der Waals surface area (Å²) in [6.45, 7) is 5.05. The number of anilines is 1. The minimum Gasteiger partial charge on any atom is -0.353 e. The lowest BCUT2D eigenvalue weighted by molar-refractivity contribution is -0.133. The predicted molar refractivity (Wildman–Crippen MR) is 94.8 cm³/mol. The third-order valence-electron chi connectivity index (χ3n) is 5.23. The van der Waals surface area contributed by atoms with Gasteiger partial charge in [0.2, 0.25) is 11.7 Å². The summed E-state index contributed by atoms with van der Waals surface area (Å²) in [4.78, 5) is 18.6. The van der Waals surface area contributed by atoms with E-state index in [9.17, 15) is 13.6 Å². The van der Waals surface area contributed by atoms with E-state index in [0.717, 1.165) is 43.5 Å². The minimum absolute atomic E-state index is 0.203. The number of amides is 1. The topological polar surface area (TPSA) is 69.9 Å². The quantitative estimate of drug-likeness (QED) is 0.795. The first kappa shape index (κ1) is 18.0. The van der Waals surface area contributed by atoms with Crippen LogP contribution in [0.15, 0.2) is 12.1 Å². The lowest BCUT2D eigenvalue weighted by Crippen LogP contribution is -2.51. The summed E-state index contributed by atoms with van der Waals surface area (Å²) in [7, 11) is 0. The average molecular weight is 379 g/mol. The van der Waals surface area contributed by atoms with E-state index in [1.54, 1.807) is 12.1 Å². The van der Waals surface area contributed by atoms with Gasteiger partial charge in [-0.05, 0) is 31.4 Å². The Morgan fingerprint density at radius 3 is 2.44 bits per heavy atom. The first-order chi connectivity index (χ1) is 13.1. The summed E-state index contributed by atoms with van der Waals surface area (Å²) in [5, 5.41) is 11.5. The van der Waals surface area contributed by atoms with Gasteiger partial charge in [-0.3, -0.25) is 9.69 Å². The second-order valence-corrected chi connectivity index (χ2v) is 7.03. The third-order valence-corrected chi connectivity index (χ3v) is 5.23. The molecule has 2 aromatic heterocycles. The first-order valence-corrected chi connectivity index (χ1v) is 9.37. The van der Waals surface area contributed by atoms with Crippen molar-refractivity contribution in [3.63, 3.8) is 0 Å². The lowest BCUT2D eigenvalue weighted by atomic mass is 10.1. The number of piperazine rings is 1. The van der Waals surface area contributed by atoms with E-state index >= 15 is 0 Å². The SMILES string of the molecule is O=C(CN1CCN(c2ccc3nnc(C(F)F)n3n2)CC1)N1CCCCC1. The fraction of sp³-hybridized carbons (Fsp3) is 0.647. The Kier molecular flexibility index (Phi) is 5.15. The summed E-state index contributed by atoms with van der Waals surface area (Å²) >= 11 is 0. The summed E-state index contributed by atoms with van der Waals surface area (Å²) in [5.41, 5.74) is 0.305. The Bertz CT molecular complexity index is 798. The predicted octanol–water partition coefficient (Wildman–Crippen LogP) is 1.20. The molecule has 2 aliphatic heterocycles. The number of carbonyl (C=O) groups excluding carboxylic acids is 1. The van der Waals surface area contributed by atoms with Crippen LogP contribution < -0.4 is 4.90 Å². The Balaban J connectivity index is 1.37. The molecule has 4 heterocycles. The molecule has 10 heteroatoms. The van der Waals surface area contributed by atoms with E-state index in [0.29, 0.717) is 31.1 Å². The molecule has 0 aliphatic carbocycles. The summed E-state index contributed by atoms with van der Waals surface area (Å²) < 4.78 is 27.1. The van der Waals surface area contributed by atoms with E-state index in [1.807, 2.05) is 9.80 Å². The van der Waals surface area contributed by atoms with Crippen LogP contribution >= 0.6 is 0 Å². The molecule has 1 amide bonds. The van der Waals surface area contributed by atoms with Gasteiger partial charge in [-0.1, -0.05) is 0 Å². The Morgan fingerprint density at radius 1 is 1.00 bits per heavy atom. The van der Waals surface area contributed by atoms with Crippen molar-refractivity contribution in [2.75, 3.05) is 50.7 Å². The van der Waals surface area contributed by atoms with Crippen molar-refractivity contribution in [3.8, 4) is 0 Å². The van der Waals surface area contributed by atoms with Crippen LogP contribution in [0.2, 0.25) is 0 Å². The summed E-state index contributed by atoms with van der Waals surface area (Å²) in [6, 6.07) is 3.42. The molecule has 8 nitrogen and oxygen atoms in total. The molecule has 0 bridgehead atoms. The monoisotopic (exact) mass is 379 g/mol. The van der Waals surface area contributed by atoms with Crippen LogP contribution in [0, 0.1) is 0 Å². The number of fused-ring (bicyclic) bond motifs is 1. The van der Waals surface area contributed by atoms with Gasteiger partial charge >= 0.3 is 0 Å². The van der Waals surface area contributed by atoms with E-state index in [1.165, 1.54) is 6.42 Å². The zero-order chi connectivity index (χ0) is 18.8. The van der Waals surface area contributed by atoms with Crippen LogP contribution in [0.3, 0.4) is 0 Å². The number of rotatable bonds is 4. The molecular formula is C17H23F2N7O. The minimum atomic E-state index is -2.72. The van der Waals surface area contributed by atoms with Gasteiger partial charge in [0, 0.05) is 39.3 Å². The normalized spacial score (nSPS) is 19.2. The van der Waals surface area contributed by atoms with Gasteiger partial charge in [0.1, 0.15) is 5.82 Å². The zero-order valence-corrected chi connectivity index (χ0v) is 15.1. The molecule has 0 aromatic carbocycles. The number of halogens is 2. The number of likely N-dealkylation sites (tertiary alicyclic amines) is 1.